The number of rotatable bonds is 4. The van der Waals surface area contributed by atoms with Crippen LogP contribution in [0.4, 0.5) is 5.00 Å². The predicted octanol–water partition coefficient (Wildman–Crippen LogP) is 2.52. The van der Waals surface area contributed by atoms with Crippen LogP contribution in [0.5, 0.6) is 0 Å². The van der Waals surface area contributed by atoms with Gasteiger partial charge < -0.3 is 15.8 Å². The van der Waals surface area contributed by atoms with Crippen LogP contribution < -0.4 is 11.1 Å². The molecule has 3 N–H and O–H groups in total. The Bertz CT molecular complexity index is 783. The SMILES string of the molecule is CN=C(NCCC#Cc1ccc(C(=O)OC)cc1)c1ccsc1N. The molecule has 0 bridgehead atoms. The Kier molecular flexibility index (Phi) is 6.41. The summed E-state index contributed by atoms with van der Waals surface area (Å²) in [5, 5.41) is 5.93. The quantitative estimate of drug-likeness (QED) is 0.295. The highest BCUT2D eigenvalue weighted by Gasteiger charge is 2.06. The van der Waals surface area contributed by atoms with Crippen LogP contribution in [0, 0.1) is 11.8 Å². The predicted molar refractivity (Wildman–Crippen MR) is 98.5 cm³/mol. The number of carbonyl (C=O) groups is 1. The first-order valence-electron chi connectivity index (χ1n) is 7.37. The Morgan fingerprint density at radius 2 is 2.08 bits per heavy atom. The Morgan fingerprint density at radius 3 is 2.67 bits per heavy atom. The molecule has 2 rings (SSSR count). The van der Waals surface area contributed by atoms with Gasteiger partial charge in [-0.05, 0) is 35.7 Å². The first-order chi connectivity index (χ1) is 11.7. The summed E-state index contributed by atoms with van der Waals surface area (Å²) in [4.78, 5) is 15.6. The molecular weight excluding hydrogens is 322 g/mol. The van der Waals surface area contributed by atoms with Crippen molar-refractivity contribution in [3.63, 3.8) is 0 Å². The van der Waals surface area contributed by atoms with Gasteiger partial charge in [-0.1, -0.05) is 11.8 Å². The molecule has 0 unspecified atom stereocenters. The summed E-state index contributed by atoms with van der Waals surface area (Å²) in [5.74, 6) is 6.58. The Morgan fingerprint density at radius 1 is 1.33 bits per heavy atom. The van der Waals surface area contributed by atoms with Crippen LogP contribution in [-0.4, -0.2) is 32.5 Å². The van der Waals surface area contributed by atoms with Crippen molar-refractivity contribution in [3.8, 4) is 11.8 Å². The van der Waals surface area contributed by atoms with E-state index in [0.29, 0.717) is 18.5 Å². The van der Waals surface area contributed by atoms with Crippen LogP contribution in [0.15, 0.2) is 40.7 Å². The molecule has 1 aromatic carbocycles. The second-order valence-electron chi connectivity index (χ2n) is 4.82. The second kappa shape index (κ2) is 8.75. The lowest BCUT2D eigenvalue weighted by Gasteiger charge is -2.06. The van der Waals surface area contributed by atoms with Gasteiger partial charge in [0.15, 0.2) is 0 Å². The zero-order valence-corrected chi connectivity index (χ0v) is 14.4. The van der Waals surface area contributed by atoms with E-state index in [2.05, 4.69) is 26.9 Å². The molecule has 6 heteroatoms. The van der Waals surface area contributed by atoms with Gasteiger partial charge in [0.05, 0.1) is 23.2 Å². The number of anilines is 1. The number of methoxy groups -OCH3 is 1. The Hall–Kier alpha value is -2.78. The van der Waals surface area contributed by atoms with Crippen molar-refractivity contribution < 1.29 is 9.53 Å². The number of nitrogens with one attached hydrogen (secondary N) is 1. The minimum absolute atomic E-state index is 0.349. The summed E-state index contributed by atoms with van der Waals surface area (Å²) in [7, 11) is 3.09. The zero-order valence-electron chi connectivity index (χ0n) is 13.6. The fourth-order valence-electron chi connectivity index (χ4n) is 2.03. The number of carbonyl (C=O) groups excluding carboxylic acids is 1. The molecule has 0 aliphatic heterocycles. The van der Waals surface area contributed by atoms with Gasteiger partial charge in [-0.2, -0.15) is 0 Å². The number of hydrogen-bond donors (Lipinski definition) is 2. The molecule has 24 heavy (non-hydrogen) atoms. The van der Waals surface area contributed by atoms with E-state index in [1.54, 1.807) is 31.3 Å². The summed E-state index contributed by atoms with van der Waals surface area (Å²) in [6.45, 7) is 0.676. The van der Waals surface area contributed by atoms with Crippen LogP contribution in [0.1, 0.15) is 27.9 Å². The molecule has 0 atom stereocenters. The van der Waals surface area contributed by atoms with Crippen LogP contribution in [0.3, 0.4) is 0 Å². The molecule has 5 nitrogen and oxygen atoms in total. The van der Waals surface area contributed by atoms with Crippen molar-refractivity contribution in [2.24, 2.45) is 4.99 Å². The molecule has 0 amide bonds. The average Bonchev–Trinajstić information content (AvgIpc) is 3.04. The van der Waals surface area contributed by atoms with Crippen molar-refractivity contribution in [2.75, 3.05) is 26.4 Å². The molecule has 0 fully saturated rings. The van der Waals surface area contributed by atoms with Gasteiger partial charge in [0.2, 0.25) is 0 Å². The third-order valence-electron chi connectivity index (χ3n) is 3.26. The lowest BCUT2D eigenvalue weighted by Crippen LogP contribution is -2.25. The number of nitrogens with zero attached hydrogens (tertiary/aromatic N) is 1. The van der Waals surface area contributed by atoms with E-state index >= 15 is 0 Å². The smallest absolute Gasteiger partial charge is 0.337 e. The number of esters is 1. The van der Waals surface area contributed by atoms with Gasteiger partial charge >= 0.3 is 5.97 Å². The third-order valence-corrected chi connectivity index (χ3v) is 4.00. The number of hydrogen-bond acceptors (Lipinski definition) is 5. The lowest BCUT2D eigenvalue weighted by atomic mass is 10.1. The number of benzene rings is 1. The molecule has 0 saturated carbocycles. The van der Waals surface area contributed by atoms with E-state index in [1.807, 2.05) is 11.4 Å². The standard InChI is InChI=1S/C18H19N3O2S/c1-20-17(15-10-12-24-16(15)19)21-11-4-3-5-13-6-8-14(9-7-13)18(22)23-2/h6-10,12H,4,11,19H2,1-2H3,(H,20,21). The van der Waals surface area contributed by atoms with Gasteiger partial charge in [0, 0.05) is 25.6 Å². The number of thiophene rings is 1. The van der Waals surface area contributed by atoms with Crippen LogP contribution >= 0.6 is 11.3 Å². The Balaban J connectivity index is 1.85. The molecule has 0 saturated heterocycles. The maximum atomic E-state index is 11.4. The fourth-order valence-corrected chi connectivity index (χ4v) is 2.67. The van der Waals surface area contributed by atoms with E-state index in [9.17, 15) is 4.79 Å². The molecule has 2 aromatic rings. The van der Waals surface area contributed by atoms with E-state index < -0.39 is 0 Å². The summed E-state index contributed by atoms with van der Waals surface area (Å²) < 4.78 is 4.66. The second-order valence-corrected chi connectivity index (χ2v) is 5.77. The van der Waals surface area contributed by atoms with Crippen molar-refractivity contribution in [3.05, 3.63) is 52.4 Å². The number of amidine groups is 1. The zero-order chi connectivity index (χ0) is 17.4. The summed E-state index contributed by atoms with van der Waals surface area (Å²) in [6.07, 6.45) is 0.668. The van der Waals surface area contributed by atoms with Crippen LogP contribution in [0.25, 0.3) is 0 Å². The van der Waals surface area contributed by atoms with Crippen molar-refractivity contribution in [1.82, 2.24) is 5.32 Å². The highest BCUT2D eigenvalue weighted by atomic mass is 32.1. The minimum Gasteiger partial charge on any atom is -0.465 e. The maximum Gasteiger partial charge on any atom is 0.337 e. The Labute approximate surface area is 145 Å². The highest BCUT2D eigenvalue weighted by Crippen LogP contribution is 2.18. The number of nitrogens with two attached hydrogens (primary N) is 1. The normalized spacial score (nSPS) is 10.7. The monoisotopic (exact) mass is 341 g/mol. The highest BCUT2D eigenvalue weighted by molar-refractivity contribution is 7.14. The maximum absolute atomic E-state index is 11.4. The van der Waals surface area contributed by atoms with E-state index in [0.717, 1.165) is 22.0 Å². The van der Waals surface area contributed by atoms with Crippen LogP contribution in [0.2, 0.25) is 0 Å². The molecule has 0 aliphatic rings. The molecule has 1 heterocycles. The lowest BCUT2D eigenvalue weighted by molar-refractivity contribution is 0.0600. The fraction of sp³-hybridized carbons (Fsp3) is 0.222. The molecule has 0 radical (unpaired) electrons. The number of ether oxygens (including phenoxy) is 1. The first-order valence-corrected chi connectivity index (χ1v) is 8.25. The van der Waals surface area contributed by atoms with Crippen molar-refractivity contribution in [1.29, 1.82) is 0 Å². The largest absolute Gasteiger partial charge is 0.465 e. The molecule has 1 aromatic heterocycles. The number of aliphatic imine (C=N–C) groups is 1. The van der Waals surface area contributed by atoms with E-state index in [4.69, 9.17) is 5.73 Å². The third kappa shape index (κ3) is 4.61. The van der Waals surface area contributed by atoms with Gasteiger partial charge in [-0.3, -0.25) is 4.99 Å². The van der Waals surface area contributed by atoms with Gasteiger partial charge in [0.25, 0.3) is 0 Å². The summed E-state index contributed by atoms with van der Waals surface area (Å²) in [6, 6.07) is 8.96. The number of nitrogen functional groups attached to an aromatic ring is 1. The minimum atomic E-state index is -0.349. The molecule has 0 spiro atoms. The van der Waals surface area contributed by atoms with E-state index in [-0.39, 0.29) is 5.97 Å². The van der Waals surface area contributed by atoms with Gasteiger partial charge in [-0.15, -0.1) is 11.3 Å². The summed E-state index contributed by atoms with van der Waals surface area (Å²) >= 11 is 1.49. The van der Waals surface area contributed by atoms with Crippen molar-refractivity contribution in [2.45, 2.75) is 6.42 Å². The van der Waals surface area contributed by atoms with Gasteiger partial charge in [-0.25, -0.2) is 4.79 Å². The van der Waals surface area contributed by atoms with Crippen molar-refractivity contribution >= 4 is 28.1 Å². The van der Waals surface area contributed by atoms with Crippen LogP contribution in [-0.2, 0) is 4.74 Å². The molecule has 124 valence electrons. The first kappa shape index (κ1) is 17.6. The van der Waals surface area contributed by atoms with E-state index in [1.165, 1.54) is 18.4 Å². The average molecular weight is 341 g/mol. The molecular formula is C18H19N3O2S. The topological polar surface area (TPSA) is 76.7 Å². The van der Waals surface area contributed by atoms with Gasteiger partial charge in [0.1, 0.15) is 5.84 Å². The molecule has 0 aliphatic carbocycles. The summed E-state index contributed by atoms with van der Waals surface area (Å²) in [5.41, 5.74) is 8.20.